The van der Waals surface area contributed by atoms with Gasteiger partial charge in [0.1, 0.15) is 5.60 Å². The maximum Gasteiger partial charge on any atom is 0.410 e. The van der Waals surface area contributed by atoms with E-state index >= 15 is 0 Å². The average molecular weight is 375 g/mol. The lowest BCUT2D eigenvalue weighted by molar-refractivity contribution is 0.00792. The summed E-state index contributed by atoms with van der Waals surface area (Å²) >= 11 is 0. The Kier molecular flexibility index (Phi) is 4.53. The van der Waals surface area contributed by atoms with Gasteiger partial charge in [-0.1, -0.05) is 35.9 Å². The summed E-state index contributed by atoms with van der Waals surface area (Å²) in [6.45, 7) is 8.92. The number of likely N-dealkylation sites (tertiary alicyclic amines) is 1. The zero-order chi connectivity index (χ0) is 19.9. The molecule has 28 heavy (non-hydrogen) atoms. The van der Waals surface area contributed by atoms with Crippen molar-refractivity contribution in [3.05, 3.63) is 59.8 Å². The van der Waals surface area contributed by atoms with E-state index in [0.29, 0.717) is 13.1 Å². The lowest BCUT2D eigenvalue weighted by atomic mass is 9.92. The highest BCUT2D eigenvalue weighted by Gasteiger charge is 2.37. The van der Waals surface area contributed by atoms with Gasteiger partial charge in [0.15, 0.2) is 0 Å². The van der Waals surface area contributed by atoms with E-state index in [1.54, 1.807) is 4.90 Å². The van der Waals surface area contributed by atoms with E-state index in [-0.39, 0.29) is 12.0 Å². The van der Waals surface area contributed by atoms with Crippen LogP contribution >= 0.6 is 0 Å². The van der Waals surface area contributed by atoms with Crippen LogP contribution in [0.15, 0.2) is 48.5 Å². The molecule has 1 aromatic heterocycles. The first-order valence-corrected chi connectivity index (χ1v) is 9.62. The number of aryl methyl sites for hydroxylation is 1. The quantitative estimate of drug-likeness (QED) is 0.637. The van der Waals surface area contributed by atoms with Crippen molar-refractivity contribution in [1.29, 1.82) is 0 Å². The number of aromatic nitrogens is 2. The molecule has 4 rings (SSSR count). The van der Waals surface area contributed by atoms with Gasteiger partial charge in [-0.05, 0) is 45.9 Å². The Hall–Kier alpha value is -2.95. The SMILES string of the molecule is Cc1cccc(-c2nc3ccccc3nc2C2CN(C(=O)OC(C)(C)C)C2)c1. The van der Waals surface area contributed by atoms with Crippen LogP contribution in [0.4, 0.5) is 4.79 Å². The van der Waals surface area contributed by atoms with Crippen LogP contribution in [0.5, 0.6) is 0 Å². The monoisotopic (exact) mass is 375 g/mol. The minimum Gasteiger partial charge on any atom is -0.444 e. The molecule has 1 amide bonds. The molecule has 1 aliphatic rings. The summed E-state index contributed by atoms with van der Waals surface area (Å²) in [5.41, 5.74) is 5.36. The average Bonchev–Trinajstić information content (AvgIpc) is 2.58. The molecule has 0 atom stereocenters. The van der Waals surface area contributed by atoms with Gasteiger partial charge < -0.3 is 9.64 Å². The van der Waals surface area contributed by atoms with Crippen LogP contribution in [0.2, 0.25) is 0 Å². The fourth-order valence-corrected chi connectivity index (χ4v) is 3.43. The first-order chi connectivity index (χ1) is 13.3. The molecule has 0 saturated carbocycles. The molecule has 2 heterocycles. The van der Waals surface area contributed by atoms with E-state index in [0.717, 1.165) is 28.0 Å². The molecule has 3 aromatic rings. The van der Waals surface area contributed by atoms with Crippen LogP contribution in [0.1, 0.15) is 37.9 Å². The molecule has 0 radical (unpaired) electrons. The first kappa shape index (κ1) is 18.4. The Morgan fingerprint density at radius 1 is 1.04 bits per heavy atom. The van der Waals surface area contributed by atoms with Crippen LogP contribution in [0.25, 0.3) is 22.3 Å². The molecule has 0 bridgehead atoms. The predicted octanol–water partition coefficient (Wildman–Crippen LogP) is 4.94. The molecular weight excluding hydrogens is 350 g/mol. The second kappa shape index (κ2) is 6.89. The molecular formula is C23H25N3O2. The van der Waals surface area contributed by atoms with Crippen molar-refractivity contribution in [2.75, 3.05) is 13.1 Å². The van der Waals surface area contributed by atoms with Gasteiger partial charge in [-0.15, -0.1) is 0 Å². The van der Waals surface area contributed by atoms with Gasteiger partial charge in [0.2, 0.25) is 0 Å². The van der Waals surface area contributed by atoms with Crippen LogP contribution in [0.3, 0.4) is 0 Å². The normalized spacial score (nSPS) is 14.8. The van der Waals surface area contributed by atoms with Crippen molar-refractivity contribution in [3.8, 4) is 11.3 Å². The van der Waals surface area contributed by atoms with Crippen LogP contribution < -0.4 is 0 Å². The molecule has 0 unspecified atom stereocenters. The molecule has 0 spiro atoms. The third kappa shape index (κ3) is 3.70. The Balaban J connectivity index is 1.67. The summed E-state index contributed by atoms with van der Waals surface area (Å²) in [5.74, 6) is 0.153. The molecule has 2 aromatic carbocycles. The van der Waals surface area contributed by atoms with Crippen LogP contribution in [0, 0.1) is 6.92 Å². The molecule has 0 N–H and O–H groups in total. The maximum absolute atomic E-state index is 12.3. The maximum atomic E-state index is 12.3. The van der Waals surface area contributed by atoms with Crippen LogP contribution in [-0.2, 0) is 4.74 Å². The zero-order valence-electron chi connectivity index (χ0n) is 16.8. The summed E-state index contributed by atoms with van der Waals surface area (Å²) in [7, 11) is 0. The molecule has 5 heteroatoms. The zero-order valence-corrected chi connectivity index (χ0v) is 16.8. The number of carbonyl (C=O) groups excluding carboxylic acids is 1. The molecule has 0 aliphatic carbocycles. The Labute approximate surface area is 165 Å². The third-order valence-electron chi connectivity index (χ3n) is 4.81. The lowest BCUT2D eigenvalue weighted by Crippen LogP contribution is -2.50. The highest BCUT2D eigenvalue weighted by molar-refractivity contribution is 5.79. The molecule has 144 valence electrons. The van der Waals surface area contributed by atoms with Crippen molar-refractivity contribution in [3.63, 3.8) is 0 Å². The van der Waals surface area contributed by atoms with Crippen molar-refractivity contribution >= 4 is 17.1 Å². The Bertz CT molecular complexity index is 1030. The fourth-order valence-electron chi connectivity index (χ4n) is 3.43. The molecule has 1 aliphatic heterocycles. The number of para-hydroxylation sites is 2. The minimum atomic E-state index is -0.488. The highest BCUT2D eigenvalue weighted by atomic mass is 16.6. The summed E-state index contributed by atoms with van der Waals surface area (Å²) in [5, 5.41) is 0. The van der Waals surface area contributed by atoms with Gasteiger partial charge in [0.25, 0.3) is 0 Å². The minimum absolute atomic E-state index is 0.153. The van der Waals surface area contributed by atoms with Crippen LogP contribution in [-0.4, -0.2) is 39.7 Å². The molecule has 1 saturated heterocycles. The molecule has 1 fully saturated rings. The van der Waals surface area contributed by atoms with E-state index in [9.17, 15) is 4.79 Å². The second-order valence-electron chi connectivity index (χ2n) is 8.40. The van der Waals surface area contributed by atoms with Gasteiger partial charge in [0.05, 0.1) is 22.4 Å². The van der Waals surface area contributed by atoms with Crippen molar-refractivity contribution in [2.24, 2.45) is 0 Å². The van der Waals surface area contributed by atoms with Gasteiger partial charge in [0, 0.05) is 24.6 Å². The highest BCUT2D eigenvalue weighted by Crippen LogP contribution is 2.34. The molecule has 5 nitrogen and oxygen atoms in total. The van der Waals surface area contributed by atoms with Gasteiger partial charge in [-0.2, -0.15) is 0 Å². The Morgan fingerprint density at radius 3 is 2.36 bits per heavy atom. The summed E-state index contributed by atoms with van der Waals surface area (Å²) in [6, 6.07) is 16.2. The smallest absolute Gasteiger partial charge is 0.410 e. The number of carbonyl (C=O) groups is 1. The van der Waals surface area contributed by atoms with E-state index in [1.807, 2.05) is 51.1 Å². The van der Waals surface area contributed by atoms with E-state index in [1.165, 1.54) is 5.56 Å². The number of benzene rings is 2. The van der Waals surface area contributed by atoms with Crippen molar-refractivity contribution < 1.29 is 9.53 Å². The summed E-state index contributed by atoms with van der Waals surface area (Å²) in [6.07, 6.45) is -0.269. The summed E-state index contributed by atoms with van der Waals surface area (Å²) < 4.78 is 5.48. The van der Waals surface area contributed by atoms with E-state index in [2.05, 4.69) is 25.1 Å². The Morgan fingerprint density at radius 2 is 1.71 bits per heavy atom. The number of ether oxygens (including phenoxy) is 1. The topological polar surface area (TPSA) is 55.3 Å². The number of nitrogens with zero attached hydrogens (tertiary/aromatic N) is 3. The second-order valence-corrected chi connectivity index (χ2v) is 8.40. The summed E-state index contributed by atoms with van der Waals surface area (Å²) in [4.78, 5) is 23.9. The van der Waals surface area contributed by atoms with E-state index < -0.39 is 5.60 Å². The number of fused-ring (bicyclic) bond motifs is 1. The van der Waals surface area contributed by atoms with Crippen molar-refractivity contribution in [1.82, 2.24) is 14.9 Å². The third-order valence-corrected chi connectivity index (χ3v) is 4.81. The number of hydrogen-bond acceptors (Lipinski definition) is 4. The van der Waals surface area contributed by atoms with E-state index in [4.69, 9.17) is 14.7 Å². The lowest BCUT2D eigenvalue weighted by Gasteiger charge is -2.39. The largest absolute Gasteiger partial charge is 0.444 e. The van der Waals surface area contributed by atoms with Gasteiger partial charge >= 0.3 is 6.09 Å². The van der Waals surface area contributed by atoms with Gasteiger partial charge in [-0.25, -0.2) is 14.8 Å². The standard InChI is InChI=1S/C23H25N3O2/c1-15-8-7-9-16(12-15)20-21(25-19-11-6-5-10-18(19)24-20)17-13-26(14-17)22(27)28-23(2,3)4/h5-12,17H,13-14H2,1-4H3. The predicted molar refractivity (Wildman–Crippen MR) is 110 cm³/mol. The number of amides is 1. The number of rotatable bonds is 2. The first-order valence-electron chi connectivity index (χ1n) is 9.62. The van der Waals surface area contributed by atoms with Crippen molar-refractivity contribution in [2.45, 2.75) is 39.2 Å². The van der Waals surface area contributed by atoms with Gasteiger partial charge in [-0.3, -0.25) is 0 Å². The fraction of sp³-hybridized carbons (Fsp3) is 0.348. The number of hydrogen-bond donors (Lipinski definition) is 0.